The van der Waals surface area contributed by atoms with Crippen LogP contribution in [-0.2, 0) is 9.53 Å². The molecule has 19 heavy (non-hydrogen) atoms. The van der Waals surface area contributed by atoms with Gasteiger partial charge in [-0.2, -0.15) is 0 Å². The van der Waals surface area contributed by atoms with Gasteiger partial charge in [0.05, 0.1) is 24.8 Å². The molecule has 6 nitrogen and oxygen atoms in total. The van der Waals surface area contributed by atoms with E-state index in [9.17, 15) is 4.79 Å². The fraction of sp³-hybridized carbons (Fsp3) is 0.692. The van der Waals surface area contributed by atoms with Gasteiger partial charge >= 0.3 is 0 Å². The number of nitrogens with one attached hydrogen (secondary N) is 2. The van der Waals surface area contributed by atoms with Crippen molar-refractivity contribution in [3.63, 3.8) is 0 Å². The number of hydrogen-bond acceptors (Lipinski definition) is 4. The fourth-order valence-electron chi connectivity index (χ4n) is 2.17. The third-order valence-electron chi connectivity index (χ3n) is 3.30. The van der Waals surface area contributed by atoms with Gasteiger partial charge in [-0.25, -0.2) is 4.98 Å². The maximum atomic E-state index is 12.0. The molecule has 0 spiro atoms. The van der Waals surface area contributed by atoms with E-state index in [-0.39, 0.29) is 18.1 Å². The highest BCUT2D eigenvalue weighted by Gasteiger charge is 2.24. The van der Waals surface area contributed by atoms with E-state index in [1.807, 2.05) is 18.4 Å². The van der Waals surface area contributed by atoms with Crippen LogP contribution in [0.5, 0.6) is 0 Å². The lowest BCUT2D eigenvalue weighted by molar-refractivity contribution is -0.124. The molecule has 0 bridgehead atoms. The number of morpholine rings is 1. The van der Waals surface area contributed by atoms with E-state index in [4.69, 9.17) is 4.74 Å². The summed E-state index contributed by atoms with van der Waals surface area (Å²) >= 11 is 0. The minimum atomic E-state index is -0.269. The lowest BCUT2D eigenvalue weighted by Crippen LogP contribution is -2.36. The molecule has 1 aromatic heterocycles. The second-order valence-electron chi connectivity index (χ2n) is 4.76. The van der Waals surface area contributed by atoms with Gasteiger partial charge in [-0.3, -0.25) is 4.79 Å². The third kappa shape index (κ3) is 3.33. The molecule has 2 N–H and O–H groups in total. The molecule has 1 fully saturated rings. The summed E-state index contributed by atoms with van der Waals surface area (Å²) in [4.78, 5) is 16.2. The van der Waals surface area contributed by atoms with Gasteiger partial charge in [0, 0.05) is 19.6 Å². The zero-order valence-corrected chi connectivity index (χ0v) is 11.6. The van der Waals surface area contributed by atoms with Crippen molar-refractivity contribution in [3.05, 3.63) is 18.2 Å². The molecule has 1 amide bonds. The zero-order valence-electron chi connectivity index (χ0n) is 11.6. The standard InChI is InChI=1S/C13H22N4O2/c1-3-4-16-13(18)10(2)17-9-15-7-11(17)12-8-14-5-6-19-12/h7,9-10,12,14H,3-6,8H2,1-2H3,(H,16,18). The van der Waals surface area contributed by atoms with E-state index in [1.54, 1.807) is 12.5 Å². The summed E-state index contributed by atoms with van der Waals surface area (Å²) in [6.07, 6.45) is 4.38. The van der Waals surface area contributed by atoms with Crippen LogP contribution in [-0.4, -0.2) is 41.7 Å². The monoisotopic (exact) mass is 266 g/mol. The molecular weight excluding hydrogens is 244 g/mol. The first-order valence-corrected chi connectivity index (χ1v) is 6.85. The van der Waals surface area contributed by atoms with E-state index in [2.05, 4.69) is 15.6 Å². The first-order chi connectivity index (χ1) is 9.24. The van der Waals surface area contributed by atoms with Gasteiger partial charge in [0.15, 0.2) is 0 Å². The molecule has 0 saturated carbocycles. The van der Waals surface area contributed by atoms with E-state index in [0.29, 0.717) is 13.2 Å². The Balaban J connectivity index is 2.07. The predicted molar refractivity (Wildman–Crippen MR) is 71.8 cm³/mol. The molecule has 1 aromatic rings. The fourth-order valence-corrected chi connectivity index (χ4v) is 2.17. The summed E-state index contributed by atoms with van der Waals surface area (Å²) in [6.45, 7) is 6.94. The second-order valence-corrected chi connectivity index (χ2v) is 4.76. The van der Waals surface area contributed by atoms with Gasteiger partial charge in [-0.05, 0) is 13.3 Å². The van der Waals surface area contributed by atoms with Crippen molar-refractivity contribution < 1.29 is 9.53 Å². The Bertz CT molecular complexity index is 413. The molecule has 1 aliphatic rings. The minimum absolute atomic E-state index is 0.0184. The number of amides is 1. The van der Waals surface area contributed by atoms with Crippen molar-refractivity contribution in [2.75, 3.05) is 26.2 Å². The predicted octanol–water partition coefficient (Wildman–Crippen LogP) is 0.631. The molecule has 106 valence electrons. The van der Waals surface area contributed by atoms with Crippen LogP contribution < -0.4 is 10.6 Å². The van der Waals surface area contributed by atoms with Gasteiger partial charge < -0.3 is 19.9 Å². The highest BCUT2D eigenvalue weighted by Crippen LogP contribution is 2.21. The van der Waals surface area contributed by atoms with Crippen LogP contribution in [0.4, 0.5) is 0 Å². The first kappa shape index (κ1) is 14.0. The van der Waals surface area contributed by atoms with Gasteiger partial charge in [-0.1, -0.05) is 6.92 Å². The van der Waals surface area contributed by atoms with E-state index in [1.165, 1.54) is 0 Å². The lowest BCUT2D eigenvalue weighted by Gasteiger charge is -2.26. The number of carbonyl (C=O) groups excluding carboxylic acids is 1. The topological polar surface area (TPSA) is 68.2 Å². The van der Waals surface area contributed by atoms with Gasteiger partial charge in [0.25, 0.3) is 0 Å². The molecule has 1 saturated heterocycles. The van der Waals surface area contributed by atoms with Crippen molar-refractivity contribution in [1.29, 1.82) is 0 Å². The van der Waals surface area contributed by atoms with Crippen molar-refractivity contribution in [2.45, 2.75) is 32.4 Å². The molecular formula is C13H22N4O2. The molecule has 0 aromatic carbocycles. The van der Waals surface area contributed by atoms with Crippen molar-refractivity contribution in [1.82, 2.24) is 20.2 Å². The summed E-state index contributed by atoms with van der Waals surface area (Å²) in [5, 5.41) is 6.19. The van der Waals surface area contributed by atoms with Crippen LogP contribution in [0.1, 0.15) is 38.1 Å². The Morgan fingerprint density at radius 1 is 1.74 bits per heavy atom. The molecule has 0 radical (unpaired) electrons. The first-order valence-electron chi connectivity index (χ1n) is 6.85. The largest absolute Gasteiger partial charge is 0.369 e. The summed E-state index contributed by atoms with van der Waals surface area (Å²) in [6, 6.07) is -0.269. The highest BCUT2D eigenvalue weighted by atomic mass is 16.5. The van der Waals surface area contributed by atoms with Crippen LogP contribution >= 0.6 is 0 Å². The maximum absolute atomic E-state index is 12.0. The van der Waals surface area contributed by atoms with E-state index < -0.39 is 0 Å². The minimum Gasteiger partial charge on any atom is -0.369 e. The van der Waals surface area contributed by atoms with Crippen LogP contribution in [0.2, 0.25) is 0 Å². The van der Waals surface area contributed by atoms with Crippen LogP contribution in [0.3, 0.4) is 0 Å². The Labute approximate surface area is 113 Å². The average molecular weight is 266 g/mol. The van der Waals surface area contributed by atoms with Gasteiger partial charge in [0.2, 0.25) is 5.91 Å². The second kappa shape index (κ2) is 6.68. The molecule has 2 rings (SSSR count). The quantitative estimate of drug-likeness (QED) is 0.820. The average Bonchev–Trinajstić information content (AvgIpc) is 2.94. The number of carbonyl (C=O) groups is 1. The maximum Gasteiger partial charge on any atom is 0.242 e. The van der Waals surface area contributed by atoms with Gasteiger partial charge in [-0.15, -0.1) is 0 Å². The molecule has 1 aliphatic heterocycles. The summed E-state index contributed by atoms with van der Waals surface area (Å²) in [5.41, 5.74) is 0.950. The highest BCUT2D eigenvalue weighted by molar-refractivity contribution is 5.79. The Hall–Kier alpha value is -1.40. The van der Waals surface area contributed by atoms with E-state index >= 15 is 0 Å². The Kier molecular flexibility index (Phi) is 4.93. The molecule has 0 aliphatic carbocycles. The number of aromatic nitrogens is 2. The van der Waals surface area contributed by atoms with Crippen LogP contribution in [0, 0.1) is 0 Å². The number of imidazole rings is 1. The molecule has 2 unspecified atom stereocenters. The smallest absolute Gasteiger partial charge is 0.242 e. The summed E-state index contributed by atoms with van der Waals surface area (Å²) in [5.74, 6) is 0.0184. The van der Waals surface area contributed by atoms with Crippen molar-refractivity contribution >= 4 is 5.91 Å². The summed E-state index contributed by atoms with van der Waals surface area (Å²) < 4.78 is 7.61. The molecule has 2 atom stereocenters. The van der Waals surface area contributed by atoms with Crippen molar-refractivity contribution in [2.24, 2.45) is 0 Å². The van der Waals surface area contributed by atoms with Gasteiger partial charge in [0.1, 0.15) is 12.1 Å². The van der Waals surface area contributed by atoms with Crippen molar-refractivity contribution in [3.8, 4) is 0 Å². The molecule has 6 heteroatoms. The van der Waals surface area contributed by atoms with E-state index in [0.717, 1.165) is 25.2 Å². The number of nitrogens with zero attached hydrogens (tertiary/aromatic N) is 2. The normalized spacial score (nSPS) is 21.1. The Morgan fingerprint density at radius 3 is 3.26 bits per heavy atom. The molecule has 2 heterocycles. The third-order valence-corrected chi connectivity index (χ3v) is 3.30. The number of ether oxygens (including phenoxy) is 1. The summed E-state index contributed by atoms with van der Waals surface area (Å²) in [7, 11) is 0. The van der Waals surface area contributed by atoms with Crippen LogP contribution in [0.25, 0.3) is 0 Å². The lowest BCUT2D eigenvalue weighted by atomic mass is 10.2. The SMILES string of the molecule is CCCNC(=O)C(C)n1cncc1C1CNCCO1. The van der Waals surface area contributed by atoms with Crippen LogP contribution in [0.15, 0.2) is 12.5 Å². The zero-order chi connectivity index (χ0) is 13.7. The Morgan fingerprint density at radius 2 is 2.58 bits per heavy atom. The number of hydrogen-bond donors (Lipinski definition) is 2. The number of rotatable bonds is 5.